The minimum atomic E-state index is -0.187. The van der Waals surface area contributed by atoms with Crippen LogP contribution in [0, 0.1) is 0 Å². The molecule has 1 unspecified atom stereocenters. The van der Waals surface area contributed by atoms with Gasteiger partial charge in [0.1, 0.15) is 0 Å². The van der Waals surface area contributed by atoms with Crippen molar-refractivity contribution in [3.63, 3.8) is 0 Å². The minimum absolute atomic E-state index is 0.0484. The van der Waals surface area contributed by atoms with Crippen LogP contribution in [-0.4, -0.2) is 42.1 Å². The monoisotopic (exact) mass is 278 g/mol. The quantitative estimate of drug-likeness (QED) is 0.833. The van der Waals surface area contributed by atoms with Gasteiger partial charge in [0.25, 0.3) is 5.91 Å². The molecule has 19 heavy (non-hydrogen) atoms. The van der Waals surface area contributed by atoms with Gasteiger partial charge in [0, 0.05) is 13.1 Å². The fourth-order valence-electron chi connectivity index (χ4n) is 1.99. The number of thiocarbonyl (C=S) groups is 1. The Morgan fingerprint density at radius 3 is 2.58 bits per heavy atom. The maximum Gasteiger partial charge on any atom is 0.279 e. The van der Waals surface area contributed by atoms with Gasteiger partial charge < -0.3 is 15.0 Å². The van der Waals surface area contributed by atoms with E-state index in [1.54, 1.807) is 0 Å². The predicted molar refractivity (Wildman–Crippen MR) is 78.0 cm³/mol. The molecule has 0 radical (unpaired) electrons. The second-order valence-corrected chi connectivity index (χ2v) is 4.90. The molecule has 1 N–H and O–H groups in total. The molecule has 0 spiro atoms. The number of nitrogens with zero attached hydrogens (tertiary/aromatic N) is 1. The van der Waals surface area contributed by atoms with E-state index in [0.29, 0.717) is 31.3 Å². The number of amides is 1. The molecule has 102 valence electrons. The van der Waals surface area contributed by atoms with Gasteiger partial charge in [-0.15, -0.1) is 0 Å². The Balaban J connectivity index is 1.91. The van der Waals surface area contributed by atoms with E-state index in [0.717, 1.165) is 5.56 Å². The zero-order valence-electron chi connectivity index (χ0n) is 11.0. The molecule has 0 saturated carbocycles. The van der Waals surface area contributed by atoms with Crippen LogP contribution in [0.4, 0.5) is 0 Å². The highest BCUT2D eigenvalue weighted by Crippen LogP contribution is 2.11. The summed E-state index contributed by atoms with van der Waals surface area (Å²) in [5, 5.41) is 2.93. The first-order valence-electron chi connectivity index (χ1n) is 6.41. The zero-order valence-corrected chi connectivity index (χ0v) is 11.8. The summed E-state index contributed by atoms with van der Waals surface area (Å²) in [5.41, 5.74) is 1.07. The predicted octanol–water partition coefficient (Wildman–Crippen LogP) is 1.52. The number of benzene rings is 1. The average Bonchev–Trinajstić information content (AvgIpc) is 2.48. The van der Waals surface area contributed by atoms with Crippen molar-refractivity contribution in [3.8, 4) is 0 Å². The van der Waals surface area contributed by atoms with Crippen molar-refractivity contribution < 1.29 is 9.53 Å². The molecule has 1 saturated heterocycles. The molecular formula is C14H18N2O2S. The van der Waals surface area contributed by atoms with Crippen molar-refractivity contribution in [1.29, 1.82) is 0 Å². The molecule has 5 heteroatoms. The van der Waals surface area contributed by atoms with Gasteiger partial charge in [-0.25, -0.2) is 0 Å². The molecule has 1 atom stereocenters. The summed E-state index contributed by atoms with van der Waals surface area (Å²) in [7, 11) is 0. The average molecular weight is 278 g/mol. The molecule has 1 amide bonds. The first-order valence-corrected chi connectivity index (χ1v) is 6.82. The molecule has 0 bridgehead atoms. The second-order valence-electron chi connectivity index (χ2n) is 4.51. The number of nitrogens with one attached hydrogen (secondary N) is 1. The summed E-state index contributed by atoms with van der Waals surface area (Å²) in [6, 6.07) is 9.80. The molecule has 2 rings (SSSR count). The van der Waals surface area contributed by atoms with Crippen LogP contribution in [0.1, 0.15) is 18.5 Å². The van der Waals surface area contributed by atoms with Gasteiger partial charge in [0.05, 0.1) is 19.3 Å². The molecule has 1 fully saturated rings. The van der Waals surface area contributed by atoms with E-state index in [4.69, 9.17) is 17.0 Å². The normalized spacial score (nSPS) is 16.8. The smallest absolute Gasteiger partial charge is 0.279 e. The van der Waals surface area contributed by atoms with Crippen LogP contribution in [0.2, 0.25) is 0 Å². The SMILES string of the molecule is CC(NC(=O)C(=S)N1CCOCC1)c1ccccc1. The fraction of sp³-hybridized carbons (Fsp3) is 0.429. The maximum absolute atomic E-state index is 12.1. The van der Waals surface area contributed by atoms with Gasteiger partial charge in [0.2, 0.25) is 0 Å². The number of ether oxygens (including phenoxy) is 1. The van der Waals surface area contributed by atoms with Crippen LogP contribution >= 0.6 is 12.2 Å². The Labute approximate surface area is 118 Å². The van der Waals surface area contributed by atoms with Gasteiger partial charge in [-0.3, -0.25) is 4.79 Å². The second kappa shape index (κ2) is 6.63. The van der Waals surface area contributed by atoms with Gasteiger partial charge in [-0.2, -0.15) is 0 Å². The lowest BCUT2D eigenvalue weighted by Crippen LogP contribution is -2.47. The van der Waals surface area contributed by atoms with Crippen LogP contribution in [0.5, 0.6) is 0 Å². The largest absolute Gasteiger partial charge is 0.378 e. The molecule has 0 aromatic heterocycles. The van der Waals surface area contributed by atoms with Crippen molar-refractivity contribution in [2.45, 2.75) is 13.0 Å². The number of hydrogen-bond acceptors (Lipinski definition) is 3. The van der Waals surface area contributed by atoms with Crippen LogP contribution in [0.25, 0.3) is 0 Å². The van der Waals surface area contributed by atoms with Crippen LogP contribution in [0.15, 0.2) is 30.3 Å². The molecule has 1 aromatic carbocycles. The lowest BCUT2D eigenvalue weighted by atomic mass is 10.1. The lowest BCUT2D eigenvalue weighted by molar-refractivity contribution is -0.116. The summed E-state index contributed by atoms with van der Waals surface area (Å²) in [6.45, 7) is 4.58. The zero-order chi connectivity index (χ0) is 13.7. The van der Waals surface area contributed by atoms with E-state index < -0.39 is 0 Å². The Bertz CT molecular complexity index is 444. The van der Waals surface area contributed by atoms with Crippen LogP contribution < -0.4 is 5.32 Å². The highest BCUT2D eigenvalue weighted by molar-refractivity contribution is 7.82. The number of rotatable bonds is 2. The van der Waals surface area contributed by atoms with E-state index in [1.807, 2.05) is 42.2 Å². The molecule has 1 heterocycles. The summed E-state index contributed by atoms with van der Waals surface area (Å²) in [5.74, 6) is -0.187. The van der Waals surface area contributed by atoms with E-state index in [2.05, 4.69) is 5.32 Å². The molecule has 1 aromatic rings. The van der Waals surface area contributed by atoms with E-state index >= 15 is 0 Å². The third-order valence-corrected chi connectivity index (χ3v) is 3.58. The number of carbonyl (C=O) groups excluding carboxylic acids is 1. The topological polar surface area (TPSA) is 41.6 Å². The highest BCUT2D eigenvalue weighted by Gasteiger charge is 2.21. The first-order chi connectivity index (χ1) is 9.18. The Morgan fingerprint density at radius 1 is 1.32 bits per heavy atom. The Kier molecular flexibility index (Phi) is 4.87. The molecular weight excluding hydrogens is 260 g/mol. The number of hydrogen-bond donors (Lipinski definition) is 1. The fourth-order valence-corrected chi connectivity index (χ4v) is 2.23. The highest BCUT2D eigenvalue weighted by atomic mass is 32.1. The van der Waals surface area contributed by atoms with Gasteiger partial charge in [-0.05, 0) is 12.5 Å². The van der Waals surface area contributed by atoms with Crippen molar-refractivity contribution in [3.05, 3.63) is 35.9 Å². The van der Waals surface area contributed by atoms with Crippen LogP contribution in [-0.2, 0) is 9.53 Å². The van der Waals surface area contributed by atoms with Gasteiger partial charge in [-0.1, -0.05) is 42.5 Å². The summed E-state index contributed by atoms with van der Waals surface area (Å²) >= 11 is 5.22. The first kappa shape index (κ1) is 14.0. The Hall–Kier alpha value is -1.46. The standard InChI is InChI=1S/C14H18N2O2S/c1-11(12-5-3-2-4-6-12)15-13(17)14(19)16-7-9-18-10-8-16/h2-6,11H,7-10H2,1H3,(H,15,17). The lowest BCUT2D eigenvalue weighted by Gasteiger charge is -2.29. The van der Waals surface area contributed by atoms with Crippen molar-refractivity contribution >= 4 is 23.1 Å². The molecule has 1 aliphatic heterocycles. The van der Waals surface area contributed by atoms with E-state index in [9.17, 15) is 4.79 Å². The third kappa shape index (κ3) is 3.75. The van der Waals surface area contributed by atoms with Crippen LogP contribution in [0.3, 0.4) is 0 Å². The van der Waals surface area contributed by atoms with Crippen molar-refractivity contribution in [1.82, 2.24) is 10.2 Å². The third-order valence-electron chi connectivity index (χ3n) is 3.14. The summed E-state index contributed by atoms with van der Waals surface area (Å²) in [4.78, 5) is 14.3. The molecule has 0 aliphatic carbocycles. The molecule has 4 nitrogen and oxygen atoms in total. The van der Waals surface area contributed by atoms with E-state index in [-0.39, 0.29) is 11.9 Å². The number of carbonyl (C=O) groups is 1. The minimum Gasteiger partial charge on any atom is -0.378 e. The maximum atomic E-state index is 12.1. The van der Waals surface area contributed by atoms with Crippen molar-refractivity contribution in [2.75, 3.05) is 26.3 Å². The number of morpholine rings is 1. The van der Waals surface area contributed by atoms with Gasteiger partial charge in [0.15, 0.2) is 4.99 Å². The van der Waals surface area contributed by atoms with Crippen molar-refractivity contribution in [2.24, 2.45) is 0 Å². The Morgan fingerprint density at radius 2 is 1.95 bits per heavy atom. The summed E-state index contributed by atoms with van der Waals surface area (Å²) in [6.07, 6.45) is 0. The molecule has 1 aliphatic rings. The van der Waals surface area contributed by atoms with E-state index in [1.165, 1.54) is 0 Å². The van der Waals surface area contributed by atoms with Gasteiger partial charge >= 0.3 is 0 Å². The summed E-state index contributed by atoms with van der Waals surface area (Å²) < 4.78 is 5.25.